The fourth-order valence-electron chi connectivity index (χ4n) is 2.53. The molecule has 2 heterocycles. The van der Waals surface area contributed by atoms with Gasteiger partial charge in [0.1, 0.15) is 12.2 Å². The van der Waals surface area contributed by atoms with E-state index in [-0.39, 0.29) is 6.04 Å². The van der Waals surface area contributed by atoms with E-state index in [1.807, 2.05) is 7.05 Å². The topological polar surface area (TPSA) is 63.2 Å². The van der Waals surface area contributed by atoms with Crippen molar-refractivity contribution >= 4 is 0 Å². The highest BCUT2D eigenvalue weighted by Crippen LogP contribution is 2.12. The summed E-state index contributed by atoms with van der Waals surface area (Å²) in [5.41, 5.74) is 6.25. The molecule has 1 aliphatic rings. The Balaban J connectivity index is 1.86. The third-order valence-electron chi connectivity index (χ3n) is 3.80. The summed E-state index contributed by atoms with van der Waals surface area (Å²) in [6, 6.07) is 0.693. The summed E-state index contributed by atoms with van der Waals surface area (Å²) in [5.74, 6) is 0.967. The zero-order chi connectivity index (χ0) is 13.1. The predicted octanol–water partition coefficient (Wildman–Crippen LogP) is -0.679. The lowest BCUT2D eigenvalue weighted by Crippen LogP contribution is -2.52. The van der Waals surface area contributed by atoms with Gasteiger partial charge in [0.05, 0.1) is 0 Å². The number of aromatic nitrogens is 3. The van der Waals surface area contributed by atoms with E-state index in [1.165, 1.54) is 0 Å². The number of hydrogen-bond acceptors (Lipinski definition) is 5. The number of aryl methyl sites for hydroxylation is 1. The van der Waals surface area contributed by atoms with Crippen molar-refractivity contribution in [1.29, 1.82) is 0 Å². The molecule has 0 saturated carbocycles. The quantitative estimate of drug-likeness (QED) is 0.769. The van der Waals surface area contributed by atoms with Crippen LogP contribution in [0.15, 0.2) is 6.33 Å². The number of rotatable bonds is 4. The van der Waals surface area contributed by atoms with Gasteiger partial charge in [0.15, 0.2) is 0 Å². The fraction of sp³-hybridized carbons (Fsp3) is 0.833. The molecule has 1 fully saturated rings. The van der Waals surface area contributed by atoms with Gasteiger partial charge in [-0.05, 0) is 20.5 Å². The molecule has 2 unspecified atom stereocenters. The number of nitrogens with two attached hydrogens (primary N) is 1. The summed E-state index contributed by atoms with van der Waals surface area (Å²) >= 11 is 0. The highest BCUT2D eigenvalue weighted by molar-refractivity contribution is 4.91. The summed E-state index contributed by atoms with van der Waals surface area (Å²) in [7, 11) is 6.27. The van der Waals surface area contributed by atoms with Crippen LogP contribution in [0, 0.1) is 0 Å². The van der Waals surface area contributed by atoms with Crippen molar-refractivity contribution in [2.75, 3.05) is 33.7 Å². The maximum absolute atomic E-state index is 6.25. The second-order valence-corrected chi connectivity index (χ2v) is 5.40. The first-order chi connectivity index (χ1) is 8.56. The third-order valence-corrected chi connectivity index (χ3v) is 3.80. The van der Waals surface area contributed by atoms with Gasteiger partial charge >= 0.3 is 0 Å². The number of likely N-dealkylation sites (N-methyl/N-ethyl adjacent to an activating group) is 2. The van der Waals surface area contributed by atoms with Crippen molar-refractivity contribution in [3.63, 3.8) is 0 Å². The van der Waals surface area contributed by atoms with Crippen molar-refractivity contribution in [3.8, 4) is 0 Å². The van der Waals surface area contributed by atoms with Crippen LogP contribution in [0.3, 0.4) is 0 Å². The van der Waals surface area contributed by atoms with Gasteiger partial charge in [-0.3, -0.25) is 4.68 Å². The molecule has 2 atom stereocenters. The summed E-state index contributed by atoms with van der Waals surface area (Å²) in [6.45, 7) is 3.37. The van der Waals surface area contributed by atoms with Gasteiger partial charge in [0.25, 0.3) is 0 Å². The Morgan fingerprint density at radius 2 is 2.17 bits per heavy atom. The van der Waals surface area contributed by atoms with Crippen LogP contribution in [-0.2, 0) is 13.5 Å². The number of nitrogens with zero attached hydrogens (tertiary/aromatic N) is 5. The molecule has 2 N–H and O–H groups in total. The molecular formula is C12H24N6. The minimum Gasteiger partial charge on any atom is -0.327 e. The van der Waals surface area contributed by atoms with Crippen LogP contribution in [0.5, 0.6) is 0 Å². The van der Waals surface area contributed by atoms with Crippen molar-refractivity contribution < 1.29 is 0 Å². The highest BCUT2D eigenvalue weighted by Gasteiger charge is 2.24. The lowest BCUT2D eigenvalue weighted by atomic mass is 10.0. The second-order valence-electron chi connectivity index (χ2n) is 5.40. The van der Waals surface area contributed by atoms with Crippen LogP contribution >= 0.6 is 0 Å². The molecule has 0 bridgehead atoms. The molecule has 2 rings (SSSR count). The lowest BCUT2D eigenvalue weighted by molar-refractivity contribution is 0.104. The smallest absolute Gasteiger partial charge is 0.138 e. The first-order valence-corrected chi connectivity index (χ1v) is 6.53. The van der Waals surface area contributed by atoms with E-state index in [2.05, 4.69) is 34.0 Å². The Morgan fingerprint density at radius 3 is 2.83 bits per heavy atom. The molecular weight excluding hydrogens is 228 g/mol. The van der Waals surface area contributed by atoms with E-state index >= 15 is 0 Å². The predicted molar refractivity (Wildman–Crippen MR) is 71.2 cm³/mol. The minimum absolute atomic E-state index is 0.145. The maximum atomic E-state index is 6.25. The molecule has 0 amide bonds. The van der Waals surface area contributed by atoms with Gasteiger partial charge in [-0.1, -0.05) is 0 Å². The van der Waals surface area contributed by atoms with Gasteiger partial charge in [0.2, 0.25) is 0 Å². The molecule has 0 aliphatic carbocycles. The van der Waals surface area contributed by atoms with E-state index in [1.54, 1.807) is 11.0 Å². The molecule has 1 aromatic heterocycles. The lowest BCUT2D eigenvalue weighted by Gasteiger charge is -2.38. The van der Waals surface area contributed by atoms with E-state index in [0.717, 1.165) is 38.3 Å². The largest absolute Gasteiger partial charge is 0.327 e. The van der Waals surface area contributed by atoms with Crippen molar-refractivity contribution in [2.24, 2.45) is 12.8 Å². The summed E-state index contributed by atoms with van der Waals surface area (Å²) < 4.78 is 1.80. The van der Waals surface area contributed by atoms with E-state index < -0.39 is 0 Å². The second kappa shape index (κ2) is 5.77. The van der Waals surface area contributed by atoms with E-state index in [0.29, 0.717) is 6.04 Å². The Bertz CT molecular complexity index is 376. The molecule has 6 nitrogen and oxygen atoms in total. The van der Waals surface area contributed by atoms with Gasteiger partial charge in [0, 0.05) is 45.2 Å². The van der Waals surface area contributed by atoms with Crippen molar-refractivity contribution in [2.45, 2.75) is 24.9 Å². The molecule has 102 valence electrons. The Labute approximate surface area is 109 Å². The Hall–Kier alpha value is -0.980. The van der Waals surface area contributed by atoms with Crippen LogP contribution in [0.25, 0.3) is 0 Å². The molecule has 18 heavy (non-hydrogen) atoms. The molecule has 1 aliphatic heterocycles. The first-order valence-electron chi connectivity index (χ1n) is 6.53. The Morgan fingerprint density at radius 1 is 1.39 bits per heavy atom. The van der Waals surface area contributed by atoms with Crippen LogP contribution in [0.4, 0.5) is 0 Å². The van der Waals surface area contributed by atoms with Crippen molar-refractivity contribution in [3.05, 3.63) is 12.2 Å². The van der Waals surface area contributed by atoms with Crippen LogP contribution in [0.2, 0.25) is 0 Å². The SMILES string of the molecule is CN1CCN(C)C(CC(N)Cc2ncnn2C)C1. The summed E-state index contributed by atoms with van der Waals surface area (Å²) in [4.78, 5) is 9.02. The van der Waals surface area contributed by atoms with E-state index in [9.17, 15) is 0 Å². The normalized spacial score (nSPS) is 24.3. The monoisotopic (exact) mass is 252 g/mol. The highest BCUT2D eigenvalue weighted by atomic mass is 15.3. The van der Waals surface area contributed by atoms with Gasteiger partial charge in [-0.25, -0.2) is 4.98 Å². The van der Waals surface area contributed by atoms with Crippen LogP contribution in [0.1, 0.15) is 12.2 Å². The van der Waals surface area contributed by atoms with Crippen molar-refractivity contribution in [1.82, 2.24) is 24.6 Å². The van der Waals surface area contributed by atoms with E-state index in [4.69, 9.17) is 5.73 Å². The molecule has 0 radical (unpaired) electrons. The summed E-state index contributed by atoms with van der Waals surface area (Å²) in [5, 5.41) is 4.07. The average molecular weight is 252 g/mol. The van der Waals surface area contributed by atoms with Gasteiger partial charge in [-0.2, -0.15) is 5.10 Å². The van der Waals surface area contributed by atoms with Crippen LogP contribution < -0.4 is 5.73 Å². The summed E-state index contributed by atoms with van der Waals surface area (Å²) in [6.07, 6.45) is 3.39. The Kier molecular flexibility index (Phi) is 4.31. The zero-order valence-corrected chi connectivity index (χ0v) is 11.6. The third kappa shape index (κ3) is 3.28. The van der Waals surface area contributed by atoms with Gasteiger partial charge < -0.3 is 15.5 Å². The molecule has 1 saturated heterocycles. The zero-order valence-electron chi connectivity index (χ0n) is 11.6. The van der Waals surface area contributed by atoms with Gasteiger partial charge in [-0.15, -0.1) is 0 Å². The van der Waals surface area contributed by atoms with Crippen LogP contribution in [-0.4, -0.2) is 70.4 Å². The minimum atomic E-state index is 0.145. The molecule has 0 spiro atoms. The number of hydrogen-bond donors (Lipinski definition) is 1. The average Bonchev–Trinajstić information content (AvgIpc) is 2.70. The molecule has 0 aromatic carbocycles. The standard InChI is InChI=1S/C12H24N6/c1-16-4-5-17(2)11(8-16)6-10(13)7-12-14-9-15-18(12)3/h9-11H,4-8,13H2,1-3H3. The molecule has 1 aromatic rings. The maximum Gasteiger partial charge on any atom is 0.138 e. The fourth-order valence-corrected chi connectivity index (χ4v) is 2.53. The first kappa shape index (κ1) is 13.5. The number of piperazine rings is 1. The molecule has 6 heteroatoms.